The second kappa shape index (κ2) is 6.93. The lowest BCUT2D eigenvalue weighted by Crippen LogP contribution is -2.04. The molecule has 0 amide bonds. The van der Waals surface area contributed by atoms with Gasteiger partial charge in [0.1, 0.15) is 5.75 Å². The minimum absolute atomic E-state index is 0.0309. The van der Waals surface area contributed by atoms with Crippen LogP contribution in [0.4, 0.5) is 0 Å². The Morgan fingerprint density at radius 2 is 2.05 bits per heavy atom. The third-order valence-electron chi connectivity index (χ3n) is 2.30. The quantitative estimate of drug-likeness (QED) is 0.603. The molecule has 0 radical (unpaired) electrons. The summed E-state index contributed by atoms with van der Waals surface area (Å²) in [5, 5.41) is 8.02. The van der Waals surface area contributed by atoms with E-state index in [4.69, 9.17) is 4.74 Å². The summed E-state index contributed by atoms with van der Waals surface area (Å²) in [6.07, 6.45) is 1.95. The summed E-state index contributed by atoms with van der Waals surface area (Å²) in [4.78, 5) is 12.1. The summed E-state index contributed by atoms with van der Waals surface area (Å²) in [6.45, 7) is 0. The van der Waals surface area contributed by atoms with Gasteiger partial charge in [0.25, 0.3) is 0 Å². The summed E-state index contributed by atoms with van der Waals surface area (Å²) in [7, 11) is 1.56. The van der Waals surface area contributed by atoms with Crippen molar-refractivity contribution in [2.45, 2.75) is 8.68 Å². The molecule has 0 aliphatic rings. The zero-order chi connectivity index (χ0) is 13.7. The maximum Gasteiger partial charge on any atom is 0.176 e. The molecule has 100 valence electrons. The van der Waals surface area contributed by atoms with Gasteiger partial charge in [-0.25, -0.2) is 0 Å². The molecule has 2 aromatic rings. The van der Waals surface area contributed by atoms with Crippen molar-refractivity contribution in [3.63, 3.8) is 0 Å². The number of methoxy groups -OCH3 is 1. The number of benzene rings is 1. The number of hydrogen-bond donors (Lipinski definition) is 0. The van der Waals surface area contributed by atoms with Gasteiger partial charge in [0.15, 0.2) is 14.5 Å². The number of hydrogen-bond acceptors (Lipinski definition) is 7. The van der Waals surface area contributed by atoms with E-state index in [1.54, 1.807) is 31.0 Å². The first kappa shape index (κ1) is 14.4. The van der Waals surface area contributed by atoms with Crippen molar-refractivity contribution >= 4 is 40.6 Å². The van der Waals surface area contributed by atoms with E-state index in [0.29, 0.717) is 17.1 Å². The van der Waals surface area contributed by atoms with E-state index in [2.05, 4.69) is 10.2 Å². The van der Waals surface area contributed by atoms with Crippen molar-refractivity contribution in [3.8, 4) is 5.75 Å². The Balaban J connectivity index is 2.01. The van der Waals surface area contributed by atoms with Gasteiger partial charge in [-0.15, -0.1) is 10.2 Å². The van der Waals surface area contributed by atoms with E-state index in [1.807, 2.05) is 18.4 Å². The molecule has 0 aliphatic carbocycles. The maximum atomic E-state index is 12.1. The molecular weight excluding hydrogens is 300 g/mol. The molecule has 1 aromatic carbocycles. The number of rotatable bonds is 6. The Morgan fingerprint density at radius 3 is 2.74 bits per heavy atom. The highest BCUT2D eigenvalue weighted by molar-refractivity contribution is 8.03. The predicted octanol–water partition coefficient (Wildman–Crippen LogP) is 3.24. The first-order valence-corrected chi connectivity index (χ1v) is 8.43. The number of thioether (sulfide) groups is 2. The molecule has 0 aliphatic heterocycles. The highest BCUT2D eigenvalue weighted by Gasteiger charge is 2.13. The highest BCUT2D eigenvalue weighted by atomic mass is 32.2. The molecule has 0 atom stereocenters. The standard InChI is InChI=1S/C12H12N2O2S3/c1-16-10-6-4-3-5-8(10)9(15)7-18-12-14-13-11(17-2)19-12/h3-6H,7H2,1-2H3. The maximum absolute atomic E-state index is 12.1. The molecule has 0 fully saturated rings. The fraction of sp³-hybridized carbons (Fsp3) is 0.250. The smallest absolute Gasteiger partial charge is 0.176 e. The number of para-hydroxylation sites is 1. The average Bonchev–Trinajstić information content (AvgIpc) is 2.92. The molecule has 0 unspecified atom stereocenters. The fourth-order valence-electron chi connectivity index (χ4n) is 1.42. The number of carbonyl (C=O) groups excluding carboxylic acids is 1. The normalized spacial score (nSPS) is 10.4. The van der Waals surface area contributed by atoms with Crippen molar-refractivity contribution in [1.29, 1.82) is 0 Å². The molecule has 7 heteroatoms. The molecule has 1 heterocycles. The second-order valence-corrected chi connectivity index (χ2v) is 6.70. The molecule has 0 spiro atoms. The van der Waals surface area contributed by atoms with Crippen LogP contribution in [0.1, 0.15) is 10.4 Å². The highest BCUT2D eigenvalue weighted by Crippen LogP contribution is 2.28. The van der Waals surface area contributed by atoms with Crippen LogP contribution in [0.15, 0.2) is 32.9 Å². The zero-order valence-corrected chi connectivity index (χ0v) is 12.9. The Kier molecular flexibility index (Phi) is 5.24. The molecule has 0 N–H and O–H groups in total. The van der Waals surface area contributed by atoms with Gasteiger partial charge in [0.05, 0.1) is 18.4 Å². The molecule has 4 nitrogen and oxygen atoms in total. The first-order chi connectivity index (χ1) is 9.24. The molecule has 1 aromatic heterocycles. The van der Waals surface area contributed by atoms with Gasteiger partial charge in [-0.05, 0) is 18.4 Å². The molecular formula is C12H12N2O2S3. The summed E-state index contributed by atoms with van der Waals surface area (Å²) in [5.41, 5.74) is 0.604. The van der Waals surface area contributed by atoms with E-state index in [-0.39, 0.29) is 5.78 Å². The van der Waals surface area contributed by atoms with Crippen LogP contribution in [-0.4, -0.2) is 35.1 Å². The fourth-order valence-corrected chi connectivity index (χ4v) is 3.74. The van der Waals surface area contributed by atoms with Gasteiger partial charge in [-0.1, -0.05) is 47.0 Å². The minimum atomic E-state index is 0.0309. The van der Waals surface area contributed by atoms with Crippen LogP contribution in [0.3, 0.4) is 0 Å². The molecule has 0 bridgehead atoms. The van der Waals surface area contributed by atoms with Crippen molar-refractivity contribution in [2.24, 2.45) is 0 Å². The summed E-state index contributed by atoms with van der Waals surface area (Å²) in [5.74, 6) is 0.974. The lowest BCUT2D eigenvalue weighted by molar-refractivity contribution is 0.101. The molecule has 0 saturated carbocycles. The summed E-state index contributed by atoms with van der Waals surface area (Å²) >= 11 is 4.46. The van der Waals surface area contributed by atoms with Crippen LogP contribution in [0.5, 0.6) is 5.75 Å². The SMILES string of the molecule is COc1ccccc1C(=O)CSc1nnc(SC)s1. The van der Waals surface area contributed by atoms with E-state index >= 15 is 0 Å². The Bertz CT molecular complexity index is 572. The lowest BCUT2D eigenvalue weighted by atomic mass is 10.1. The molecule has 0 saturated heterocycles. The monoisotopic (exact) mass is 312 g/mol. The van der Waals surface area contributed by atoms with Crippen molar-refractivity contribution in [2.75, 3.05) is 19.1 Å². The molecule has 2 rings (SSSR count). The van der Waals surface area contributed by atoms with Crippen LogP contribution < -0.4 is 4.74 Å². The number of nitrogens with zero attached hydrogens (tertiary/aromatic N) is 2. The molecule has 19 heavy (non-hydrogen) atoms. The third-order valence-corrected chi connectivity index (χ3v) is 5.33. The minimum Gasteiger partial charge on any atom is -0.496 e. The predicted molar refractivity (Wildman–Crippen MR) is 79.7 cm³/mol. The van der Waals surface area contributed by atoms with E-state index < -0.39 is 0 Å². The van der Waals surface area contributed by atoms with Crippen LogP contribution in [0.25, 0.3) is 0 Å². The van der Waals surface area contributed by atoms with Crippen molar-refractivity contribution in [1.82, 2.24) is 10.2 Å². The number of ketones is 1. The number of Topliss-reactive ketones (excluding diaryl/α,β-unsaturated/α-hetero) is 1. The third kappa shape index (κ3) is 3.71. The largest absolute Gasteiger partial charge is 0.496 e. The Hall–Kier alpha value is -1.05. The number of carbonyl (C=O) groups is 1. The van der Waals surface area contributed by atoms with Crippen LogP contribution in [0.2, 0.25) is 0 Å². The summed E-state index contributed by atoms with van der Waals surface area (Å²) < 4.78 is 6.90. The second-order valence-electron chi connectivity index (χ2n) is 3.45. The van der Waals surface area contributed by atoms with Gasteiger partial charge >= 0.3 is 0 Å². The van der Waals surface area contributed by atoms with Gasteiger partial charge in [0, 0.05) is 0 Å². The number of aromatic nitrogens is 2. The van der Waals surface area contributed by atoms with Gasteiger partial charge < -0.3 is 4.74 Å². The van der Waals surface area contributed by atoms with Crippen molar-refractivity contribution in [3.05, 3.63) is 29.8 Å². The van der Waals surface area contributed by atoms with Crippen LogP contribution >= 0.6 is 34.9 Å². The van der Waals surface area contributed by atoms with Crippen LogP contribution in [-0.2, 0) is 0 Å². The van der Waals surface area contributed by atoms with Gasteiger partial charge in [-0.2, -0.15) is 0 Å². The van der Waals surface area contributed by atoms with E-state index in [1.165, 1.54) is 23.1 Å². The number of ether oxygens (including phenoxy) is 1. The van der Waals surface area contributed by atoms with Gasteiger partial charge in [-0.3, -0.25) is 4.79 Å². The lowest BCUT2D eigenvalue weighted by Gasteiger charge is -2.05. The van der Waals surface area contributed by atoms with Crippen LogP contribution in [0, 0.1) is 0 Å². The van der Waals surface area contributed by atoms with Gasteiger partial charge in [0.2, 0.25) is 0 Å². The topological polar surface area (TPSA) is 52.1 Å². The van der Waals surface area contributed by atoms with Crippen molar-refractivity contribution < 1.29 is 9.53 Å². The first-order valence-electron chi connectivity index (χ1n) is 5.41. The zero-order valence-electron chi connectivity index (χ0n) is 10.5. The summed E-state index contributed by atoms with van der Waals surface area (Å²) in [6, 6.07) is 7.24. The Labute approximate surface area is 124 Å². The average molecular weight is 312 g/mol. The van der Waals surface area contributed by atoms with E-state index in [0.717, 1.165) is 8.68 Å². The Morgan fingerprint density at radius 1 is 1.32 bits per heavy atom. The van der Waals surface area contributed by atoms with E-state index in [9.17, 15) is 4.79 Å².